The monoisotopic (exact) mass is 489 g/mol. The van der Waals surface area contributed by atoms with Gasteiger partial charge in [-0.05, 0) is 35.4 Å². The topological polar surface area (TPSA) is 104 Å². The van der Waals surface area contributed by atoms with Gasteiger partial charge < -0.3 is 14.4 Å². The van der Waals surface area contributed by atoms with Gasteiger partial charge in [-0.15, -0.1) is 0 Å². The van der Waals surface area contributed by atoms with Crippen molar-refractivity contribution < 1.29 is 13.9 Å². The Labute approximate surface area is 205 Å². The number of benzene rings is 2. The molecule has 0 bridgehead atoms. The number of rotatable bonds is 6. The molecule has 1 unspecified atom stereocenters. The summed E-state index contributed by atoms with van der Waals surface area (Å²) in [6.07, 6.45) is 0. The van der Waals surface area contributed by atoms with Crippen LogP contribution in [0.1, 0.15) is 22.3 Å². The minimum absolute atomic E-state index is 0.0615. The summed E-state index contributed by atoms with van der Waals surface area (Å²) >= 11 is 1.90. The lowest BCUT2D eigenvalue weighted by atomic mass is 10.1. The predicted octanol–water partition coefficient (Wildman–Crippen LogP) is 3.22. The number of nitrogens with zero attached hydrogens (tertiary/aromatic N) is 5. The van der Waals surface area contributed by atoms with Crippen molar-refractivity contribution in [3.05, 3.63) is 81.0 Å². The fourth-order valence-corrected chi connectivity index (χ4v) is 5.27. The van der Waals surface area contributed by atoms with Crippen molar-refractivity contribution in [1.82, 2.24) is 9.55 Å². The highest BCUT2D eigenvalue weighted by Crippen LogP contribution is 2.31. The van der Waals surface area contributed by atoms with Crippen molar-refractivity contribution >= 4 is 17.6 Å². The van der Waals surface area contributed by atoms with Crippen LogP contribution in [-0.4, -0.2) is 33.6 Å². The van der Waals surface area contributed by atoms with E-state index in [1.165, 1.54) is 18.2 Å². The van der Waals surface area contributed by atoms with Gasteiger partial charge in [-0.2, -0.15) is 27.3 Å². The van der Waals surface area contributed by atoms with Crippen LogP contribution < -0.4 is 20.1 Å². The summed E-state index contributed by atoms with van der Waals surface area (Å²) in [5.41, 5.74) is 1.26. The normalized spacial score (nSPS) is 16.1. The number of fused-ring (bicyclic) bond motifs is 3. The van der Waals surface area contributed by atoms with Gasteiger partial charge in [0.1, 0.15) is 42.7 Å². The first-order chi connectivity index (χ1) is 17.1. The van der Waals surface area contributed by atoms with Crippen LogP contribution in [0.4, 0.5) is 10.2 Å². The zero-order valence-electron chi connectivity index (χ0n) is 18.6. The quantitative estimate of drug-likeness (QED) is 0.520. The number of halogens is 1. The number of hydrogen-bond donors (Lipinski definition) is 0. The predicted molar refractivity (Wildman–Crippen MR) is 128 cm³/mol. The lowest BCUT2D eigenvalue weighted by Crippen LogP contribution is -2.39. The summed E-state index contributed by atoms with van der Waals surface area (Å²) in [4.78, 5) is 18.8. The molecular weight excluding hydrogens is 469 g/mol. The number of ether oxygens (including phenoxy) is 2. The number of thioether (sulfide) groups is 1. The van der Waals surface area contributed by atoms with Crippen LogP contribution in [0.2, 0.25) is 0 Å². The van der Waals surface area contributed by atoms with E-state index in [0.29, 0.717) is 29.5 Å². The van der Waals surface area contributed by atoms with Gasteiger partial charge in [-0.25, -0.2) is 9.18 Å². The van der Waals surface area contributed by atoms with Crippen LogP contribution in [0.5, 0.6) is 11.6 Å². The molecule has 35 heavy (non-hydrogen) atoms. The van der Waals surface area contributed by atoms with Crippen LogP contribution in [0.15, 0.2) is 47.3 Å². The highest BCUT2D eigenvalue weighted by atomic mass is 32.2. The van der Waals surface area contributed by atoms with Gasteiger partial charge in [-0.1, -0.05) is 12.1 Å². The van der Waals surface area contributed by atoms with Gasteiger partial charge in [0.05, 0.1) is 23.7 Å². The summed E-state index contributed by atoms with van der Waals surface area (Å²) < 4.78 is 26.7. The molecule has 1 atom stereocenters. The molecule has 0 N–H and O–H groups in total. The molecule has 1 saturated heterocycles. The van der Waals surface area contributed by atoms with Crippen molar-refractivity contribution in [2.75, 3.05) is 23.0 Å². The molecule has 1 aromatic heterocycles. The second kappa shape index (κ2) is 9.69. The van der Waals surface area contributed by atoms with E-state index < -0.39 is 5.82 Å². The van der Waals surface area contributed by atoms with Crippen LogP contribution >= 0.6 is 11.8 Å². The standard InChI is InChI=1S/C25H20FN5O3S/c26-21-3-1-16(7-18(21)10-27)13-33-22-4-2-17(8-19(22)11-28)14-34-23-9-24-30-5-6-35-15-20(30)12-31(24)25(32)29-23/h1-4,7-9,20H,5-6,12-15H2. The van der Waals surface area contributed by atoms with E-state index in [0.717, 1.165) is 29.4 Å². The summed E-state index contributed by atoms with van der Waals surface area (Å²) in [6.45, 7) is 1.75. The largest absolute Gasteiger partial charge is 0.488 e. The van der Waals surface area contributed by atoms with Crippen molar-refractivity contribution in [3.8, 4) is 23.8 Å². The molecule has 0 saturated carbocycles. The molecule has 2 aliphatic rings. The van der Waals surface area contributed by atoms with E-state index in [1.54, 1.807) is 34.9 Å². The lowest BCUT2D eigenvalue weighted by Gasteiger charge is -2.30. The van der Waals surface area contributed by atoms with Gasteiger partial charge in [0.2, 0.25) is 5.88 Å². The molecule has 3 aromatic rings. The average Bonchev–Trinajstić information content (AvgIpc) is 3.26. The van der Waals surface area contributed by atoms with Gasteiger partial charge >= 0.3 is 5.69 Å². The molecule has 5 rings (SSSR count). The second-order valence-corrected chi connectivity index (χ2v) is 9.36. The van der Waals surface area contributed by atoms with E-state index in [4.69, 9.17) is 14.7 Å². The van der Waals surface area contributed by atoms with E-state index >= 15 is 0 Å². The molecule has 0 amide bonds. The van der Waals surface area contributed by atoms with Gasteiger partial charge in [0.15, 0.2) is 0 Å². The van der Waals surface area contributed by atoms with Gasteiger partial charge in [0.25, 0.3) is 0 Å². The number of hydrogen-bond acceptors (Lipinski definition) is 8. The van der Waals surface area contributed by atoms with Crippen LogP contribution in [0.3, 0.4) is 0 Å². The van der Waals surface area contributed by atoms with E-state index in [1.807, 2.05) is 11.8 Å². The Bertz CT molecular complexity index is 1430. The van der Waals surface area contributed by atoms with Crippen molar-refractivity contribution in [1.29, 1.82) is 10.5 Å². The minimum atomic E-state index is -0.589. The van der Waals surface area contributed by atoms with E-state index in [2.05, 4.69) is 16.0 Å². The van der Waals surface area contributed by atoms with Crippen LogP contribution in [0, 0.1) is 28.5 Å². The fourth-order valence-electron chi connectivity index (χ4n) is 4.22. The van der Waals surface area contributed by atoms with Crippen LogP contribution in [0.25, 0.3) is 0 Å². The third-order valence-electron chi connectivity index (χ3n) is 5.98. The van der Waals surface area contributed by atoms with E-state index in [-0.39, 0.29) is 30.3 Å². The Balaban J connectivity index is 1.27. The maximum Gasteiger partial charge on any atom is 0.352 e. The second-order valence-electron chi connectivity index (χ2n) is 8.21. The minimum Gasteiger partial charge on any atom is -0.488 e. The third-order valence-corrected chi connectivity index (χ3v) is 7.07. The molecule has 3 heterocycles. The average molecular weight is 490 g/mol. The molecule has 1 fully saturated rings. The Hall–Kier alpha value is -4.02. The summed E-state index contributed by atoms with van der Waals surface area (Å²) in [7, 11) is 0. The smallest absolute Gasteiger partial charge is 0.352 e. The Morgan fingerprint density at radius 2 is 1.80 bits per heavy atom. The Morgan fingerprint density at radius 1 is 1.06 bits per heavy atom. The molecule has 8 nitrogen and oxygen atoms in total. The van der Waals surface area contributed by atoms with Crippen molar-refractivity contribution in [2.45, 2.75) is 25.8 Å². The van der Waals surface area contributed by atoms with E-state index in [9.17, 15) is 14.4 Å². The number of anilines is 1. The first-order valence-corrected chi connectivity index (χ1v) is 12.1. The number of aromatic nitrogens is 2. The molecule has 0 aliphatic carbocycles. The zero-order valence-corrected chi connectivity index (χ0v) is 19.4. The zero-order chi connectivity index (χ0) is 24.4. The molecule has 10 heteroatoms. The maximum absolute atomic E-state index is 13.5. The summed E-state index contributed by atoms with van der Waals surface area (Å²) in [5.74, 6) is 2.88. The van der Waals surface area contributed by atoms with Crippen molar-refractivity contribution in [2.24, 2.45) is 0 Å². The molecule has 2 aliphatic heterocycles. The summed E-state index contributed by atoms with van der Waals surface area (Å²) in [6, 6.07) is 15.3. The molecule has 0 spiro atoms. The number of nitriles is 2. The maximum atomic E-state index is 13.5. The lowest BCUT2D eigenvalue weighted by molar-refractivity contribution is 0.289. The molecular formula is C25H20FN5O3S. The molecule has 0 radical (unpaired) electrons. The van der Waals surface area contributed by atoms with Gasteiger partial charge in [-0.3, -0.25) is 4.57 Å². The Kier molecular flexibility index (Phi) is 6.30. The van der Waals surface area contributed by atoms with Gasteiger partial charge in [0, 0.05) is 24.1 Å². The first kappa shape index (κ1) is 22.8. The fraction of sp³-hybridized carbons (Fsp3) is 0.280. The summed E-state index contributed by atoms with van der Waals surface area (Å²) in [5, 5.41) is 18.5. The molecule has 176 valence electrons. The van der Waals surface area contributed by atoms with Crippen molar-refractivity contribution in [3.63, 3.8) is 0 Å². The molecule has 2 aromatic carbocycles. The third kappa shape index (κ3) is 4.66. The Morgan fingerprint density at radius 3 is 2.60 bits per heavy atom. The van der Waals surface area contributed by atoms with Crippen LogP contribution in [-0.2, 0) is 19.8 Å². The SMILES string of the molecule is N#Cc1cc(COc2ccc(COc3cc4n(c(=O)n3)CC3CSCCN43)cc2C#N)ccc1F. The highest BCUT2D eigenvalue weighted by Gasteiger charge is 2.33. The highest BCUT2D eigenvalue weighted by molar-refractivity contribution is 7.99. The first-order valence-electron chi connectivity index (χ1n) is 11.0.